The van der Waals surface area contributed by atoms with E-state index < -0.39 is 0 Å². The highest BCUT2D eigenvalue weighted by molar-refractivity contribution is 7.16. The molecule has 1 saturated carbocycles. The van der Waals surface area contributed by atoms with Crippen LogP contribution in [0.2, 0.25) is 0 Å². The Kier molecular flexibility index (Phi) is 10.0. The molecular weight excluding hydrogens is 486 g/mol. The van der Waals surface area contributed by atoms with Crippen LogP contribution in [0.5, 0.6) is 11.5 Å². The van der Waals surface area contributed by atoms with Gasteiger partial charge in [-0.15, -0.1) is 0 Å². The predicted molar refractivity (Wildman–Crippen MR) is 150 cm³/mol. The van der Waals surface area contributed by atoms with Gasteiger partial charge in [0.05, 0.1) is 4.70 Å². The van der Waals surface area contributed by atoms with Crippen molar-refractivity contribution in [3.8, 4) is 11.5 Å². The molecule has 1 heterocycles. The number of phenols is 2. The fraction of sp³-hybridized carbons (Fsp3) is 0.517. The molecule has 1 aliphatic carbocycles. The molecule has 1 aliphatic rings. The van der Waals surface area contributed by atoms with E-state index in [0.717, 1.165) is 85.2 Å². The van der Waals surface area contributed by atoms with Crippen molar-refractivity contribution in [1.29, 1.82) is 0 Å². The highest BCUT2D eigenvalue weighted by atomic mass is 32.1. The van der Waals surface area contributed by atoms with E-state index in [1.165, 1.54) is 19.3 Å². The fourth-order valence-corrected chi connectivity index (χ4v) is 6.25. The number of carbonyl (C=O) groups is 1. The average Bonchev–Trinajstić information content (AvgIpc) is 3.30. The maximum Gasteiger partial charge on any atom is 0.305 e. The van der Waals surface area contributed by atoms with Crippen molar-refractivity contribution in [2.24, 2.45) is 0 Å². The number of fused-ring (bicyclic) bond motifs is 1. The zero-order valence-corrected chi connectivity index (χ0v) is 22.3. The summed E-state index contributed by atoms with van der Waals surface area (Å²) in [5, 5.41) is 23.0. The smallest absolute Gasteiger partial charge is 0.305 e. The fourth-order valence-electron chi connectivity index (χ4n) is 5.36. The van der Waals surface area contributed by atoms with Gasteiger partial charge in [-0.2, -0.15) is 0 Å². The second-order valence-corrected chi connectivity index (χ2v) is 11.1. The molecule has 0 atom stereocenters. The number of phenolic OH excluding ortho intramolecular Hbond substituents is 2. The minimum Gasteiger partial charge on any atom is -0.508 e. The lowest BCUT2D eigenvalue weighted by atomic mass is 9.93. The Bertz CT molecular complexity index is 1220. The number of aryl methyl sites for hydroxylation is 1. The first kappa shape index (κ1) is 27.2. The van der Waals surface area contributed by atoms with E-state index in [1.807, 2.05) is 18.2 Å². The minimum atomic E-state index is -0.145. The lowest BCUT2D eigenvalue weighted by Crippen LogP contribution is -2.43. The zero-order valence-electron chi connectivity index (χ0n) is 21.5. The van der Waals surface area contributed by atoms with Crippen LogP contribution in [0.1, 0.15) is 68.9 Å². The number of nitrogens with zero attached hydrogens (tertiary/aromatic N) is 1. The van der Waals surface area contributed by atoms with Crippen LogP contribution in [0.15, 0.2) is 41.2 Å². The number of aromatic nitrogens is 1. The molecule has 0 unspecified atom stereocenters. The summed E-state index contributed by atoms with van der Waals surface area (Å²) >= 11 is 1.15. The Morgan fingerprint density at radius 1 is 1.03 bits per heavy atom. The summed E-state index contributed by atoms with van der Waals surface area (Å²) in [6.45, 7) is 2.24. The van der Waals surface area contributed by atoms with Crippen molar-refractivity contribution < 1.29 is 15.0 Å². The first-order valence-electron chi connectivity index (χ1n) is 13.6. The van der Waals surface area contributed by atoms with E-state index in [1.54, 1.807) is 18.2 Å². The maximum atomic E-state index is 13.2. The normalized spacial score (nSPS) is 14.3. The third kappa shape index (κ3) is 7.82. The Balaban J connectivity index is 1.22. The molecule has 0 saturated heterocycles. The SMILES string of the molecule is O=C(CCNCCc1cccc(O)c1)N(CCCCCc1ccc(O)c2[nH]c(=O)sc12)C1CCCCC1. The van der Waals surface area contributed by atoms with Crippen molar-refractivity contribution in [3.63, 3.8) is 0 Å². The van der Waals surface area contributed by atoms with Gasteiger partial charge in [0.15, 0.2) is 0 Å². The molecule has 37 heavy (non-hydrogen) atoms. The van der Waals surface area contributed by atoms with E-state index in [4.69, 9.17) is 0 Å². The van der Waals surface area contributed by atoms with Gasteiger partial charge in [-0.1, -0.05) is 55.2 Å². The second kappa shape index (κ2) is 13.6. The Labute approximate surface area is 222 Å². The molecule has 0 aliphatic heterocycles. The number of thiazole rings is 1. The van der Waals surface area contributed by atoms with E-state index in [0.29, 0.717) is 24.5 Å². The van der Waals surface area contributed by atoms with Gasteiger partial charge in [-0.05, 0) is 74.4 Å². The third-order valence-electron chi connectivity index (χ3n) is 7.34. The van der Waals surface area contributed by atoms with Gasteiger partial charge in [0.1, 0.15) is 17.0 Å². The highest BCUT2D eigenvalue weighted by Gasteiger charge is 2.24. The third-order valence-corrected chi connectivity index (χ3v) is 8.29. The Morgan fingerprint density at radius 2 is 1.86 bits per heavy atom. The Hall–Kier alpha value is -2.84. The number of benzene rings is 2. The highest BCUT2D eigenvalue weighted by Crippen LogP contribution is 2.29. The molecule has 1 fully saturated rings. The first-order chi connectivity index (χ1) is 18.0. The number of H-pyrrole nitrogens is 1. The molecule has 4 N–H and O–H groups in total. The molecule has 3 aromatic rings. The van der Waals surface area contributed by atoms with E-state index >= 15 is 0 Å². The number of rotatable bonds is 13. The van der Waals surface area contributed by atoms with Gasteiger partial charge in [-0.3, -0.25) is 9.59 Å². The number of carbonyl (C=O) groups excluding carboxylic acids is 1. The topological polar surface area (TPSA) is 106 Å². The molecule has 0 spiro atoms. The molecule has 4 rings (SSSR count). The summed E-state index contributed by atoms with van der Waals surface area (Å²) in [6, 6.07) is 11.2. The van der Waals surface area contributed by atoms with Gasteiger partial charge in [0.2, 0.25) is 5.91 Å². The number of hydrogen-bond acceptors (Lipinski definition) is 6. The molecule has 2 aromatic carbocycles. The number of hydrogen-bond donors (Lipinski definition) is 4. The van der Waals surface area contributed by atoms with Crippen LogP contribution >= 0.6 is 11.3 Å². The monoisotopic (exact) mass is 525 g/mol. The predicted octanol–water partition coefficient (Wildman–Crippen LogP) is 5.10. The summed E-state index contributed by atoms with van der Waals surface area (Å²) in [5.74, 6) is 0.649. The zero-order chi connectivity index (χ0) is 26.0. The average molecular weight is 526 g/mol. The number of aromatic amines is 1. The lowest BCUT2D eigenvalue weighted by Gasteiger charge is -2.34. The molecule has 1 aromatic heterocycles. The molecule has 0 bridgehead atoms. The summed E-state index contributed by atoms with van der Waals surface area (Å²) in [6.07, 6.45) is 11.0. The van der Waals surface area contributed by atoms with E-state index in [9.17, 15) is 19.8 Å². The largest absolute Gasteiger partial charge is 0.508 e. The first-order valence-corrected chi connectivity index (χ1v) is 14.4. The van der Waals surface area contributed by atoms with E-state index in [-0.39, 0.29) is 22.3 Å². The molecule has 1 amide bonds. The van der Waals surface area contributed by atoms with Crippen molar-refractivity contribution in [1.82, 2.24) is 15.2 Å². The number of nitrogens with one attached hydrogen (secondary N) is 2. The van der Waals surface area contributed by atoms with Crippen molar-refractivity contribution >= 4 is 27.5 Å². The van der Waals surface area contributed by atoms with Gasteiger partial charge in [0.25, 0.3) is 0 Å². The standard InChI is InChI=1S/C29H39N3O4S/c33-24-12-7-8-21(20-24)15-17-30-18-16-26(35)32(23-10-4-1-5-11-23)19-6-2-3-9-22-13-14-25(34)27-28(22)37-29(36)31-27/h7-8,12-14,20,23,30,33-34H,1-6,9-11,15-19H2,(H,31,36). The van der Waals surface area contributed by atoms with Crippen molar-refractivity contribution in [2.75, 3.05) is 19.6 Å². The van der Waals surface area contributed by atoms with Gasteiger partial charge < -0.3 is 25.4 Å². The van der Waals surface area contributed by atoms with Crippen molar-refractivity contribution in [3.05, 3.63) is 57.2 Å². The molecule has 0 radical (unpaired) electrons. The summed E-state index contributed by atoms with van der Waals surface area (Å²) in [7, 11) is 0. The molecule has 8 heteroatoms. The van der Waals surface area contributed by atoms with Crippen LogP contribution in [0.4, 0.5) is 0 Å². The molecular formula is C29H39N3O4S. The van der Waals surface area contributed by atoms with Crippen LogP contribution in [-0.2, 0) is 17.6 Å². The maximum absolute atomic E-state index is 13.2. The lowest BCUT2D eigenvalue weighted by molar-refractivity contribution is -0.134. The van der Waals surface area contributed by atoms with E-state index in [2.05, 4.69) is 15.2 Å². The summed E-state index contributed by atoms with van der Waals surface area (Å²) in [5.41, 5.74) is 2.71. The Morgan fingerprint density at radius 3 is 2.68 bits per heavy atom. The van der Waals surface area contributed by atoms with Crippen molar-refractivity contribution in [2.45, 2.75) is 76.7 Å². The van der Waals surface area contributed by atoms with Crippen LogP contribution in [0.25, 0.3) is 10.2 Å². The van der Waals surface area contributed by atoms with Crippen LogP contribution in [-0.4, -0.2) is 51.7 Å². The van der Waals surface area contributed by atoms with Gasteiger partial charge in [0, 0.05) is 25.6 Å². The molecule has 7 nitrogen and oxygen atoms in total. The van der Waals surface area contributed by atoms with Crippen LogP contribution < -0.4 is 10.2 Å². The number of aromatic hydroxyl groups is 2. The van der Waals surface area contributed by atoms with Gasteiger partial charge >= 0.3 is 4.87 Å². The summed E-state index contributed by atoms with van der Waals surface area (Å²) < 4.78 is 0.848. The van der Waals surface area contributed by atoms with Crippen LogP contribution in [0, 0.1) is 0 Å². The minimum absolute atomic E-state index is 0.118. The van der Waals surface area contributed by atoms with Crippen LogP contribution in [0.3, 0.4) is 0 Å². The number of unbranched alkanes of at least 4 members (excludes halogenated alkanes) is 2. The summed E-state index contributed by atoms with van der Waals surface area (Å²) in [4.78, 5) is 29.7. The quantitative estimate of drug-likeness (QED) is 0.233. The van der Waals surface area contributed by atoms with Gasteiger partial charge in [-0.25, -0.2) is 0 Å². The second-order valence-electron chi connectivity index (χ2n) is 10.1. The number of amides is 1. The molecule has 200 valence electrons.